The molecule has 2 rings (SSSR count). The molecule has 6 heteroatoms. The van der Waals surface area contributed by atoms with Crippen molar-refractivity contribution in [2.24, 2.45) is 0 Å². The molecule has 0 saturated heterocycles. The van der Waals surface area contributed by atoms with E-state index in [1.54, 1.807) is 0 Å². The van der Waals surface area contributed by atoms with Crippen LogP contribution in [0.15, 0.2) is 36.5 Å². The molecule has 20 heavy (non-hydrogen) atoms. The first-order valence-corrected chi connectivity index (χ1v) is 6.54. The van der Waals surface area contributed by atoms with Gasteiger partial charge in [-0.2, -0.15) is 13.2 Å². The molecule has 108 valence electrons. The predicted molar refractivity (Wildman–Crippen MR) is 73.9 cm³/mol. The Kier molecular flexibility index (Phi) is 4.28. The van der Waals surface area contributed by atoms with Gasteiger partial charge in [-0.3, -0.25) is 0 Å². The van der Waals surface area contributed by atoms with Gasteiger partial charge in [0.2, 0.25) is 0 Å². The minimum absolute atomic E-state index is 0.292. The quantitative estimate of drug-likeness (QED) is 0.859. The Labute approximate surface area is 120 Å². The number of rotatable bonds is 4. The second-order valence-corrected chi connectivity index (χ2v) is 4.74. The van der Waals surface area contributed by atoms with Crippen LogP contribution in [0.25, 0.3) is 0 Å². The minimum Gasteiger partial charge on any atom is -0.379 e. The lowest BCUT2D eigenvalue weighted by molar-refractivity contribution is -0.137. The van der Waals surface area contributed by atoms with Gasteiger partial charge in [-0.25, -0.2) is 0 Å². The van der Waals surface area contributed by atoms with Crippen LogP contribution in [0.4, 0.5) is 18.9 Å². The van der Waals surface area contributed by atoms with Crippen LogP contribution in [0, 0.1) is 0 Å². The maximum Gasteiger partial charge on any atom is 0.417 e. The molecule has 0 amide bonds. The van der Waals surface area contributed by atoms with Gasteiger partial charge >= 0.3 is 6.18 Å². The highest BCUT2D eigenvalue weighted by atomic mass is 35.5. The van der Waals surface area contributed by atoms with Crippen molar-refractivity contribution in [3.05, 3.63) is 52.8 Å². The van der Waals surface area contributed by atoms with Crippen LogP contribution in [-0.4, -0.2) is 4.57 Å². The van der Waals surface area contributed by atoms with Gasteiger partial charge in [-0.15, -0.1) is 0 Å². The molecule has 0 aliphatic carbocycles. The van der Waals surface area contributed by atoms with Crippen LogP contribution in [0.5, 0.6) is 0 Å². The molecule has 0 aliphatic rings. The summed E-state index contributed by atoms with van der Waals surface area (Å²) in [6.07, 6.45) is -2.52. The van der Waals surface area contributed by atoms with Gasteiger partial charge in [-0.05, 0) is 37.3 Å². The van der Waals surface area contributed by atoms with E-state index in [9.17, 15) is 13.2 Å². The van der Waals surface area contributed by atoms with Crippen molar-refractivity contribution < 1.29 is 13.2 Å². The number of hydrogen-bond acceptors (Lipinski definition) is 1. The van der Waals surface area contributed by atoms with Crippen molar-refractivity contribution >= 4 is 17.3 Å². The molecule has 0 bridgehead atoms. The molecular weight excluding hydrogens is 289 g/mol. The van der Waals surface area contributed by atoms with Gasteiger partial charge < -0.3 is 9.88 Å². The highest BCUT2D eigenvalue weighted by Crippen LogP contribution is 2.36. The van der Waals surface area contributed by atoms with E-state index < -0.39 is 11.7 Å². The number of alkyl halides is 3. The standard InChI is InChI=1S/C14H14ClF3N2/c1-2-20-7-3-4-11(20)9-19-10-5-6-13(15)12(8-10)14(16,17)18/h3-8,19H,2,9H2,1H3. The van der Waals surface area contributed by atoms with E-state index in [0.717, 1.165) is 18.3 Å². The number of benzene rings is 1. The van der Waals surface area contributed by atoms with E-state index in [1.807, 2.05) is 29.8 Å². The molecule has 0 fully saturated rings. The molecule has 0 saturated carbocycles. The summed E-state index contributed by atoms with van der Waals surface area (Å²) in [7, 11) is 0. The van der Waals surface area contributed by atoms with Gasteiger partial charge in [0.05, 0.1) is 17.1 Å². The van der Waals surface area contributed by atoms with Crippen LogP contribution in [0.3, 0.4) is 0 Å². The number of hydrogen-bond donors (Lipinski definition) is 1. The highest BCUT2D eigenvalue weighted by molar-refractivity contribution is 6.31. The summed E-state index contributed by atoms with van der Waals surface area (Å²) in [6, 6.07) is 7.66. The number of nitrogens with zero attached hydrogens (tertiary/aromatic N) is 1. The van der Waals surface area contributed by atoms with E-state index in [1.165, 1.54) is 12.1 Å². The third-order valence-corrected chi connectivity index (χ3v) is 3.34. The van der Waals surface area contributed by atoms with E-state index in [0.29, 0.717) is 12.2 Å². The van der Waals surface area contributed by atoms with Crippen LogP contribution >= 0.6 is 11.6 Å². The van der Waals surface area contributed by atoms with Gasteiger partial charge in [0.1, 0.15) is 0 Å². The van der Waals surface area contributed by atoms with Crippen molar-refractivity contribution in [1.82, 2.24) is 4.57 Å². The fraction of sp³-hybridized carbons (Fsp3) is 0.286. The molecule has 0 unspecified atom stereocenters. The summed E-state index contributed by atoms with van der Waals surface area (Å²) < 4.78 is 40.3. The van der Waals surface area contributed by atoms with Crippen molar-refractivity contribution in [2.45, 2.75) is 26.2 Å². The molecule has 0 atom stereocenters. The summed E-state index contributed by atoms with van der Waals surface area (Å²) in [5.74, 6) is 0. The van der Waals surface area contributed by atoms with Gasteiger partial charge in [0.15, 0.2) is 0 Å². The third-order valence-electron chi connectivity index (χ3n) is 3.01. The molecular formula is C14H14ClF3N2. The van der Waals surface area contributed by atoms with E-state index >= 15 is 0 Å². The first-order valence-electron chi connectivity index (χ1n) is 6.16. The number of aryl methyl sites for hydroxylation is 1. The second-order valence-electron chi connectivity index (χ2n) is 4.33. The fourth-order valence-electron chi connectivity index (χ4n) is 1.96. The summed E-state index contributed by atoms with van der Waals surface area (Å²) >= 11 is 5.58. The van der Waals surface area contributed by atoms with Crippen molar-refractivity contribution in [3.63, 3.8) is 0 Å². The molecule has 1 aromatic heterocycles. The average Bonchev–Trinajstić information content (AvgIpc) is 2.84. The Morgan fingerprint density at radius 2 is 2.00 bits per heavy atom. The highest BCUT2D eigenvalue weighted by Gasteiger charge is 2.33. The van der Waals surface area contributed by atoms with E-state index in [2.05, 4.69) is 5.32 Å². The lowest BCUT2D eigenvalue weighted by atomic mass is 10.2. The zero-order valence-corrected chi connectivity index (χ0v) is 11.6. The maximum absolute atomic E-state index is 12.7. The number of nitrogens with one attached hydrogen (secondary N) is 1. The molecule has 1 N–H and O–H groups in total. The van der Waals surface area contributed by atoms with Crippen molar-refractivity contribution in [3.8, 4) is 0 Å². The predicted octanol–water partition coefficient (Wildman–Crippen LogP) is 4.79. The zero-order valence-electron chi connectivity index (χ0n) is 10.8. The first-order chi connectivity index (χ1) is 9.41. The first kappa shape index (κ1) is 14.8. The summed E-state index contributed by atoms with van der Waals surface area (Å²) in [5, 5.41) is 2.69. The average molecular weight is 303 g/mol. The number of anilines is 1. The monoisotopic (exact) mass is 302 g/mol. The van der Waals surface area contributed by atoms with E-state index in [-0.39, 0.29) is 5.02 Å². The molecule has 0 aliphatic heterocycles. The summed E-state index contributed by atoms with van der Waals surface area (Å²) in [6.45, 7) is 3.28. The second kappa shape index (κ2) is 5.79. The Morgan fingerprint density at radius 3 is 2.65 bits per heavy atom. The van der Waals surface area contributed by atoms with Gasteiger partial charge in [0, 0.05) is 24.1 Å². The summed E-state index contributed by atoms with van der Waals surface area (Å²) in [4.78, 5) is 0. The largest absolute Gasteiger partial charge is 0.417 e. The number of aromatic nitrogens is 1. The maximum atomic E-state index is 12.7. The lowest BCUT2D eigenvalue weighted by Crippen LogP contribution is -2.09. The summed E-state index contributed by atoms with van der Waals surface area (Å²) in [5.41, 5.74) is 0.580. The molecule has 2 nitrogen and oxygen atoms in total. The van der Waals surface area contributed by atoms with Gasteiger partial charge in [-0.1, -0.05) is 11.6 Å². The van der Waals surface area contributed by atoms with Crippen LogP contribution in [0.2, 0.25) is 5.02 Å². The Morgan fingerprint density at radius 1 is 1.25 bits per heavy atom. The number of halogens is 4. The van der Waals surface area contributed by atoms with Gasteiger partial charge in [0.25, 0.3) is 0 Å². The SMILES string of the molecule is CCn1cccc1CNc1ccc(Cl)c(C(F)(F)F)c1. The normalized spacial score (nSPS) is 11.7. The van der Waals surface area contributed by atoms with Crippen LogP contribution in [-0.2, 0) is 19.3 Å². The fourth-order valence-corrected chi connectivity index (χ4v) is 2.19. The van der Waals surface area contributed by atoms with Crippen molar-refractivity contribution in [1.29, 1.82) is 0 Å². The Hall–Kier alpha value is -1.62. The smallest absolute Gasteiger partial charge is 0.379 e. The van der Waals surface area contributed by atoms with Crippen LogP contribution in [0.1, 0.15) is 18.2 Å². The Bertz CT molecular complexity index is 590. The Balaban J connectivity index is 2.15. The zero-order chi connectivity index (χ0) is 14.8. The molecule has 1 aromatic carbocycles. The minimum atomic E-state index is -4.45. The van der Waals surface area contributed by atoms with Crippen molar-refractivity contribution in [2.75, 3.05) is 5.32 Å². The molecule has 0 spiro atoms. The topological polar surface area (TPSA) is 17.0 Å². The van der Waals surface area contributed by atoms with E-state index in [4.69, 9.17) is 11.6 Å². The molecule has 0 radical (unpaired) electrons. The molecule has 1 heterocycles. The molecule has 2 aromatic rings. The lowest BCUT2D eigenvalue weighted by Gasteiger charge is -2.13. The van der Waals surface area contributed by atoms with Crippen LogP contribution < -0.4 is 5.32 Å². The third kappa shape index (κ3) is 3.28.